The Kier molecular flexibility index (Phi) is 5.89. The molecular weight excluding hydrogens is 376 g/mol. The van der Waals surface area contributed by atoms with E-state index in [1.807, 2.05) is 4.90 Å². The normalized spacial score (nSPS) is 19.4. The van der Waals surface area contributed by atoms with Crippen molar-refractivity contribution in [2.24, 2.45) is 5.92 Å². The number of carbonyl (C=O) groups excluding carboxylic acids is 1. The van der Waals surface area contributed by atoms with Gasteiger partial charge >= 0.3 is 0 Å². The number of aromatic nitrogens is 2. The van der Waals surface area contributed by atoms with Gasteiger partial charge in [-0.2, -0.15) is 4.98 Å². The molecule has 0 aromatic carbocycles. The molecule has 132 valence electrons. The molecule has 0 spiro atoms. The Hall–Kier alpha value is -1.41. The monoisotopic (exact) mass is 398 g/mol. The van der Waals surface area contributed by atoms with Gasteiger partial charge in [-0.15, -0.1) is 0 Å². The predicted octanol–water partition coefficient (Wildman–Crippen LogP) is 1.71. The predicted molar refractivity (Wildman–Crippen MR) is 93.2 cm³/mol. The molecule has 0 radical (unpaired) electrons. The van der Waals surface area contributed by atoms with Crippen molar-refractivity contribution < 1.29 is 14.3 Å². The molecule has 2 aliphatic heterocycles. The number of carbonyl (C=O) groups is 1. The van der Waals surface area contributed by atoms with Crippen LogP contribution in [0.3, 0.4) is 0 Å². The number of hydrogen-bond acceptors (Lipinski definition) is 6. The van der Waals surface area contributed by atoms with Crippen LogP contribution < -0.4 is 9.64 Å². The van der Waals surface area contributed by atoms with E-state index in [0.717, 1.165) is 43.5 Å². The fourth-order valence-corrected chi connectivity index (χ4v) is 3.52. The zero-order chi connectivity index (χ0) is 16.9. The van der Waals surface area contributed by atoms with Crippen LogP contribution in [-0.2, 0) is 9.53 Å². The summed E-state index contributed by atoms with van der Waals surface area (Å²) in [6, 6.07) is 0. The molecule has 0 unspecified atom stereocenters. The summed E-state index contributed by atoms with van der Waals surface area (Å²) in [6.45, 7) is 4.51. The number of methoxy groups -OCH3 is 1. The number of piperidine rings is 1. The van der Waals surface area contributed by atoms with Gasteiger partial charge in [-0.1, -0.05) is 0 Å². The number of amides is 1. The molecule has 2 aliphatic rings. The van der Waals surface area contributed by atoms with Crippen LogP contribution in [0.5, 0.6) is 5.88 Å². The van der Waals surface area contributed by atoms with E-state index in [2.05, 4.69) is 30.8 Å². The highest BCUT2D eigenvalue weighted by molar-refractivity contribution is 9.10. The minimum Gasteiger partial charge on any atom is -0.480 e. The summed E-state index contributed by atoms with van der Waals surface area (Å²) in [5, 5.41) is 0. The maximum atomic E-state index is 12.3. The van der Waals surface area contributed by atoms with E-state index in [1.54, 1.807) is 13.3 Å². The topological polar surface area (TPSA) is 67.8 Å². The van der Waals surface area contributed by atoms with Gasteiger partial charge in [0.2, 0.25) is 17.7 Å². The highest BCUT2D eigenvalue weighted by Gasteiger charge is 2.26. The fraction of sp³-hybridized carbons (Fsp3) is 0.688. The van der Waals surface area contributed by atoms with Crippen molar-refractivity contribution in [1.82, 2.24) is 14.9 Å². The first kappa shape index (κ1) is 17.4. The molecule has 7 nitrogen and oxygen atoms in total. The second-order valence-electron chi connectivity index (χ2n) is 6.15. The van der Waals surface area contributed by atoms with E-state index in [1.165, 1.54) is 0 Å². The lowest BCUT2D eigenvalue weighted by atomic mass is 9.93. The Balaban J connectivity index is 1.51. The summed E-state index contributed by atoms with van der Waals surface area (Å²) in [6.07, 6.45) is 4.32. The number of anilines is 1. The lowest BCUT2D eigenvalue weighted by Crippen LogP contribution is -2.42. The summed E-state index contributed by atoms with van der Waals surface area (Å²) in [5.74, 6) is 1.94. The van der Waals surface area contributed by atoms with Gasteiger partial charge in [0.05, 0.1) is 31.0 Å². The van der Waals surface area contributed by atoms with Gasteiger partial charge in [0.1, 0.15) is 0 Å². The van der Waals surface area contributed by atoms with Crippen LogP contribution in [0.2, 0.25) is 0 Å². The molecule has 0 atom stereocenters. The van der Waals surface area contributed by atoms with E-state index in [-0.39, 0.29) is 5.91 Å². The molecule has 0 bridgehead atoms. The summed E-state index contributed by atoms with van der Waals surface area (Å²) >= 11 is 3.37. The third kappa shape index (κ3) is 4.16. The molecule has 3 heterocycles. The van der Waals surface area contributed by atoms with E-state index < -0.39 is 0 Å². The molecule has 24 heavy (non-hydrogen) atoms. The molecule has 0 saturated carbocycles. The molecule has 0 aliphatic carbocycles. The van der Waals surface area contributed by atoms with Crippen molar-refractivity contribution in [1.29, 1.82) is 0 Å². The molecule has 1 amide bonds. The van der Waals surface area contributed by atoms with Crippen LogP contribution in [0.4, 0.5) is 5.95 Å². The van der Waals surface area contributed by atoms with E-state index in [9.17, 15) is 4.79 Å². The van der Waals surface area contributed by atoms with Gasteiger partial charge in [-0.05, 0) is 34.7 Å². The minimum absolute atomic E-state index is 0.262. The first-order valence-corrected chi connectivity index (χ1v) is 9.13. The molecule has 8 heteroatoms. The van der Waals surface area contributed by atoms with Gasteiger partial charge in [0.15, 0.2) is 0 Å². The summed E-state index contributed by atoms with van der Waals surface area (Å²) in [4.78, 5) is 25.2. The van der Waals surface area contributed by atoms with Crippen LogP contribution in [0, 0.1) is 5.92 Å². The van der Waals surface area contributed by atoms with Gasteiger partial charge in [-0.3, -0.25) is 4.79 Å². The maximum Gasteiger partial charge on any atom is 0.232 e. The number of morpholine rings is 1. The number of nitrogens with zero attached hydrogens (tertiary/aromatic N) is 4. The Labute approximate surface area is 150 Å². The van der Waals surface area contributed by atoms with E-state index >= 15 is 0 Å². The first-order chi connectivity index (χ1) is 11.7. The second kappa shape index (κ2) is 8.11. The standard InChI is InChI=1S/C16H23BrN4O3/c1-23-15-13(17)11-18-16(19-15)21-4-2-12(3-5-21)10-14(22)20-6-8-24-9-7-20/h11-12H,2-10H2,1H3. The Morgan fingerprint density at radius 3 is 2.71 bits per heavy atom. The molecule has 1 aromatic heterocycles. The van der Waals surface area contributed by atoms with Crippen molar-refractivity contribution in [2.75, 3.05) is 51.4 Å². The Morgan fingerprint density at radius 1 is 1.33 bits per heavy atom. The third-order valence-corrected chi connectivity index (χ3v) is 5.16. The van der Waals surface area contributed by atoms with Crippen LogP contribution >= 0.6 is 15.9 Å². The average molecular weight is 399 g/mol. The lowest BCUT2D eigenvalue weighted by molar-refractivity contribution is -0.136. The Bertz CT molecular complexity index is 572. The highest BCUT2D eigenvalue weighted by Crippen LogP contribution is 2.27. The third-order valence-electron chi connectivity index (χ3n) is 4.62. The van der Waals surface area contributed by atoms with E-state index in [4.69, 9.17) is 9.47 Å². The van der Waals surface area contributed by atoms with Crippen molar-refractivity contribution >= 4 is 27.8 Å². The zero-order valence-electron chi connectivity index (χ0n) is 13.9. The minimum atomic E-state index is 0.262. The second-order valence-corrected chi connectivity index (χ2v) is 7.01. The van der Waals surface area contributed by atoms with Gasteiger partial charge in [-0.25, -0.2) is 4.98 Å². The highest BCUT2D eigenvalue weighted by atomic mass is 79.9. The van der Waals surface area contributed by atoms with Gasteiger partial charge in [0, 0.05) is 32.6 Å². The summed E-state index contributed by atoms with van der Waals surface area (Å²) in [7, 11) is 1.60. The van der Waals surface area contributed by atoms with Crippen LogP contribution in [-0.4, -0.2) is 67.3 Å². The quantitative estimate of drug-likeness (QED) is 0.768. The molecular formula is C16H23BrN4O3. The van der Waals surface area contributed by atoms with Gasteiger partial charge in [0.25, 0.3) is 0 Å². The molecule has 0 N–H and O–H groups in total. The number of hydrogen-bond donors (Lipinski definition) is 0. The number of rotatable bonds is 4. The largest absolute Gasteiger partial charge is 0.480 e. The van der Waals surface area contributed by atoms with Crippen molar-refractivity contribution in [2.45, 2.75) is 19.3 Å². The maximum absolute atomic E-state index is 12.3. The van der Waals surface area contributed by atoms with Crippen molar-refractivity contribution in [3.05, 3.63) is 10.7 Å². The average Bonchev–Trinajstić information content (AvgIpc) is 2.63. The van der Waals surface area contributed by atoms with Crippen LogP contribution in [0.25, 0.3) is 0 Å². The van der Waals surface area contributed by atoms with Crippen molar-refractivity contribution in [3.8, 4) is 5.88 Å². The van der Waals surface area contributed by atoms with E-state index in [0.29, 0.717) is 37.4 Å². The molecule has 2 fully saturated rings. The molecule has 2 saturated heterocycles. The SMILES string of the molecule is COc1nc(N2CCC(CC(=O)N3CCOCC3)CC2)ncc1Br. The Morgan fingerprint density at radius 2 is 2.04 bits per heavy atom. The number of ether oxygens (including phenoxy) is 2. The molecule has 3 rings (SSSR count). The van der Waals surface area contributed by atoms with Crippen molar-refractivity contribution in [3.63, 3.8) is 0 Å². The van der Waals surface area contributed by atoms with Crippen LogP contribution in [0.1, 0.15) is 19.3 Å². The first-order valence-electron chi connectivity index (χ1n) is 8.34. The lowest BCUT2D eigenvalue weighted by Gasteiger charge is -2.33. The number of halogens is 1. The smallest absolute Gasteiger partial charge is 0.232 e. The summed E-state index contributed by atoms with van der Waals surface area (Å²) < 4.78 is 11.3. The summed E-state index contributed by atoms with van der Waals surface area (Å²) in [5.41, 5.74) is 0. The molecule has 1 aromatic rings. The van der Waals surface area contributed by atoms with Gasteiger partial charge < -0.3 is 19.3 Å². The zero-order valence-corrected chi connectivity index (χ0v) is 15.5. The van der Waals surface area contributed by atoms with Crippen LogP contribution in [0.15, 0.2) is 10.7 Å². The fourth-order valence-electron chi connectivity index (χ4n) is 3.16.